The van der Waals surface area contributed by atoms with Gasteiger partial charge in [0.25, 0.3) is 0 Å². The highest BCUT2D eigenvalue weighted by Crippen LogP contribution is 2.32. The maximum atomic E-state index is 6.24. The number of benzene rings is 1. The molecule has 3 rings (SSSR count). The molecular formula is C14H19N3. The number of aryl methyl sites for hydroxylation is 1. The van der Waals surface area contributed by atoms with Crippen LogP contribution in [0.4, 0.5) is 0 Å². The van der Waals surface area contributed by atoms with Crippen molar-refractivity contribution in [3.63, 3.8) is 0 Å². The Balaban J connectivity index is 1.99. The third kappa shape index (κ3) is 1.95. The molecule has 2 N–H and O–H groups in total. The number of rotatable bonds is 4. The van der Waals surface area contributed by atoms with Crippen molar-refractivity contribution in [3.05, 3.63) is 30.1 Å². The SMILES string of the molecule is CCc1nc2ccccc2n1CC(N)C1CC1. The van der Waals surface area contributed by atoms with Crippen LogP contribution in [0.2, 0.25) is 0 Å². The molecule has 3 heteroatoms. The number of aromatic nitrogens is 2. The molecule has 2 aromatic rings. The van der Waals surface area contributed by atoms with Crippen LogP contribution in [0.1, 0.15) is 25.6 Å². The zero-order valence-electron chi connectivity index (χ0n) is 10.3. The van der Waals surface area contributed by atoms with Gasteiger partial charge in [-0.1, -0.05) is 19.1 Å². The summed E-state index contributed by atoms with van der Waals surface area (Å²) in [5.74, 6) is 1.89. The molecule has 1 atom stereocenters. The lowest BCUT2D eigenvalue weighted by Crippen LogP contribution is -2.29. The summed E-state index contributed by atoms with van der Waals surface area (Å²) in [5.41, 5.74) is 8.55. The maximum Gasteiger partial charge on any atom is 0.109 e. The van der Waals surface area contributed by atoms with E-state index in [1.165, 1.54) is 18.4 Å². The molecule has 1 heterocycles. The van der Waals surface area contributed by atoms with E-state index in [9.17, 15) is 0 Å². The number of imidazole rings is 1. The van der Waals surface area contributed by atoms with Crippen LogP contribution in [0.3, 0.4) is 0 Å². The van der Waals surface area contributed by atoms with Crippen molar-refractivity contribution in [3.8, 4) is 0 Å². The fourth-order valence-corrected chi connectivity index (χ4v) is 2.48. The van der Waals surface area contributed by atoms with Gasteiger partial charge in [-0.05, 0) is 30.9 Å². The lowest BCUT2D eigenvalue weighted by atomic mass is 10.2. The van der Waals surface area contributed by atoms with Crippen molar-refractivity contribution < 1.29 is 0 Å². The molecule has 1 aromatic carbocycles. The van der Waals surface area contributed by atoms with Crippen molar-refractivity contribution in [2.45, 2.75) is 38.8 Å². The molecule has 3 nitrogen and oxygen atoms in total. The Hall–Kier alpha value is -1.35. The van der Waals surface area contributed by atoms with Gasteiger partial charge in [-0.25, -0.2) is 4.98 Å². The van der Waals surface area contributed by atoms with E-state index >= 15 is 0 Å². The van der Waals surface area contributed by atoms with Crippen LogP contribution < -0.4 is 5.73 Å². The lowest BCUT2D eigenvalue weighted by molar-refractivity contribution is 0.499. The molecule has 17 heavy (non-hydrogen) atoms. The quantitative estimate of drug-likeness (QED) is 0.874. The van der Waals surface area contributed by atoms with Crippen molar-refractivity contribution in [2.24, 2.45) is 11.7 Å². The van der Waals surface area contributed by atoms with E-state index in [4.69, 9.17) is 5.73 Å². The number of hydrogen-bond acceptors (Lipinski definition) is 2. The monoisotopic (exact) mass is 229 g/mol. The number of para-hydroxylation sites is 2. The summed E-state index contributed by atoms with van der Waals surface area (Å²) in [6.45, 7) is 3.06. The summed E-state index contributed by atoms with van der Waals surface area (Å²) in [6.07, 6.45) is 3.57. The van der Waals surface area contributed by atoms with Crippen LogP contribution in [0, 0.1) is 5.92 Å². The molecule has 0 aliphatic heterocycles. The van der Waals surface area contributed by atoms with E-state index in [2.05, 4.69) is 34.7 Å². The number of fused-ring (bicyclic) bond motifs is 1. The normalized spacial score (nSPS) is 17.5. The van der Waals surface area contributed by atoms with E-state index in [1.54, 1.807) is 0 Å². The third-order valence-corrected chi connectivity index (χ3v) is 3.67. The van der Waals surface area contributed by atoms with Crippen LogP contribution in [0.25, 0.3) is 11.0 Å². The molecule has 1 fully saturated rings. The third-order valence-electron chi connectivity index (χ3n) is 3.67. The fraction of sp³-hybridized carbons (Fsp3) is 0.500. The van der Waals surface area contributed by atoms with Crippen molar-refractivity contribution >= 4 is 11.0 Å². The van der Waals surface area contributed by atoms with Gasteiger partial charge in [0.1, 0.15) is 5.82 Å². The summed E-state index contributed by atoms with van der Waals surface area (Å²) >= 11 is 0. The van der Waals surface area contributed by atoms with Gasteiger partial charge in [-0.2, -0.15) is 0 Å². The minimum absolute atomic E-state index is 0.290. The van der Waals surface area contributed by atoms with Crippen LogP contribution in [0.5, 0.6) is 0 Å². The number of nitrogens with two attached hydrogens (primary N) is 1. The molecule has 90 valence electrons. The second-order valence-corrected chi connectivity index (χ2v) is 4.98. The molecule has 1 unspecified atom stereocenters. The first-order chi connectivity index (χ1) is 8.29. The molecule has 0 saturated heterocycles. The van der Waals surface area contributed by atoms with E-state index in [0.29, 0.717) is 0 Å². The number of nitrogens with zero attached hydrogens (tertiary/aromatic N) is 2. The van der Waals surface area contributed by atoms with E-state index < -0.39 is 0 Å². The van der Waals surface area contributed by atoms with Gasteiger partial charge >= 0.3 is 0 Å². The van der Waals surface area contributed by atoms with Crippen molar-refractivity contribution in [1.29, 1.82) is 0 Å². The summed E-state index contributed by atoms with van der Waals surface area (Å²) in [7, 11) is 0. The smallest absolute Gasteiger partial charge is 0.109 e. The van der Waals surface area contributed by atoms with Gasteiger partial charge in [0.05, 0.1) is 11.0 Å². The highest BCUT2D eigenvalue weighted by molar-refractivity contribution is 5.75. The van der Waals surface area contributed by atoms with Crippen molar-refractivity contribution in [1.82, 2.24) is 9.55 Å². The Labute approximate surface area is 102 Å². The van der Waals surface area contributed by atoms with Crippen LogP contribution in [-0.2, 0) is 13.0 Å². The van der Waals surface area contributed by atoms with Crippen LogP contribution in [0.15, 0.2) is 24.3 Å². The van der Waals surface area contributed by atoms with E-state index in [-0.39, 0.29) is 6.04 Å². The first-order valence-electron chi connectivity index (χ1n) is 6.49. The standard InChI is InChI=1S/C14H19N3/c1-2-14-16-12-5-3-4-6-13(12)17(14)9-11(15)10-7-8-10/h3-6,10-11H,2,7-9,15H2,1H3. The molecule has 0 amide bonds. The molecule has 1 aromatic heterocycles. The highest BCUT2D eigenvalue weighted by atomic mass is 15.1. The second kappa shape index (κ2) is 4.15. The van der Waals surface area contributed by atoms with Gasteiger partial charge in [0, 0.05) is 19.0 Å². The summed E-state index contributed by atoms with van der Waals surface area (Å²) in [6, 6.07) is 8.62. The maximum absolute atomic E-state index is 6.24. The average molecular weight is 229 g/mol. The van der Waals surface area contributed by atoms with Gasteiger partial charge in [0.2, 0.25) is 0 Å². The highest BCUT2D eigenvalue weighted by Gasteiger charge is 2.29. The van der Waals surface area contributed by atoms with E-state index in [0.717, 1.165) is 30.2 Å². The van der Waals surface area contributed by atoms with Crippen LogP contribution in [-0.4, -0.2) is 15.6 Å². The minimum atomic E-state index is 0.290. The van der Waals surface area contributed by atoms with Gasteiger partial charge in [0.15, 0.2) is 0 Å². The Morgan fingerprint density at radius 1 is 1.41 bits per heavy atom. The summed E-state index contributed by atoms with van der Waals surface area (Å²) in [4.78, 5) is 4.67. The Bertz CT molecular complexity index is 525. The predicted octanol–water partition coefficient (Wildman–Crippen LogP) is 2.34. The molecule has 1 aliphatic carbocycles. The molecule has 0 spiro atoms. The molecule has 0 bridgehead atoms. The molecular weight excluding hydrogens is 210 g/mol. The summed E-state index contributed by atoms with van der Waals surface area (Å²) < 4.78 is 2.30. The zero-order chi connectivity index (χ0) is 11.8. The lowest BCUT2D eigenvalue weighted by Gasteiger charge is -2.14. The Morgan fingerprint density at radius 3 is 2.88 bits per heavy atom. The first kappa shape index (κ1) is 10.8. The molecule has 1 aliphatic rings. The second-order valence-electron chi connectivity index (χ2n) is 4.98. The predicted molar refractivity (Wildman–Crippen MR) is 69.8 cm³/mol. The van der Waals surface area contributed by atoms with Gasteiger partial charge < -0.3 is 10.3 Å². The molecule has 1 saturated carbocycles. The molecule has 0 radical (unpaired) electrons. The minimum Gasteiger partial charge on any atom is -0.326 e. The Morgan fingerprint density at radius 2 is 2.18 bits per heavy atom. The van der Waals surface area contributed by atoms with Crippen LogP contribution >= 0.6 is 0 Å². The van der Waals surface area contributed by atoms with Crippen molar-refractivity contribution in [2.75, 3.05) is 0 Å². The number of hydrogen-bond donors (Lipinski definition) is 1. The fourth-order valence-electron chi connectivity index (χ4n) is 2.48. The first-order valence-corrected chi connectivity index (χ1v) is 6.49. The zero-order valence-corrected chi connectivity index (χ0v) is 10.3. The largest absolute Gasteiger partial charge is 0.326 e. The topological polar surface area (TPSA) is 43.8 Å². The van der Waals surface area contributed by atoms with E-state index in [1.807, 2.05) is 6.07 Å². The van der Waals surface area contributed by atoms with Gasteiger partial charge in [-0.15, -0.1) is 0 Å². The van der Waals surface area contributed by atoms with Gasteiger partial charge in [-0.3, -0.25) is 0 Å². The average Bonchev–Trinajstić information content (AvgIpc) is 3.14. The Kier molecular flexibility index (Phi) is 2.63. The summed E-state index contributed by atoms with van der Waals surface area (Å²) in [5, 5.41) is 0.